The Labute approximate surface area is 152 Å². The largest absolute Gasteiger partial charge is 0.376 e. The van der Waals surface area contributed by atoms with Gasteiger partial charge in [-0.15, -0.1) is 0 Å². The smallest absolute Gasteiger partial charge is 0.243 e. The molecule has 5 nitrogen and oxygen atoms in total. The molecule has 2 aromatic rings. The van der Waals surface area contributed by atoms with Crippen molar-refractivity contribution in [1.82, 2.24) is 0 Å². The van der Waals surface area contributed by atoms with Crippen LogP contribution in [0, 0.1) is 5.41 Å². The van der Waals surface area contributed by atoms with Crippen LogP contribution >= 0.6 is 11.6 Å². The topological polar surface area (TPSA) is 70.2 Å². The summed E-state index contributed by atoms with van der Waals surface area (Å²) in [5.74, 6) is -0.239. The Morgan fingerprint density at radius 3 is 2.20 bits per heavy atom. The number of carbonyl (C=O) groups is 2. The third-order valence-corrected chi connectivity index (χ3v) is 3.63. The van der Waals surface area contributed by atoms with Crippen LogP contribution in [0.15, 0.2) is 48.5 Å². The molecule has 0 fully saturated rings. The molecule has 0 saturated carbocycles. The van der Waals surface area contributed by atoms with Crippen LogP contribution in [0.3, 0.4) is 0 Å². The van der Waals surface area contributed by atoms with E-state index >= 15 is 0 Å². The van der Waals surface area contributed by atoms with E-state index in [4.69, 9.17) is 11.6 Å². The van der Waals surface area contributed by atoms with Crippen LogP contribution in [0.5, 0.6) is 0 Å². The summed E-state index contributed by atoms with van der Waals surface area (Å²) < 4.78 is 0. The van der Waals surface area contributed by atoms with E-state index in [0.717, 1.165) is 5.69 Å². The standard InChI is InChI=1S/C19H22ClN3O2/c1-19(2,3)18(25)23-16-6-4-5-15(11-16)21-12-17(24)22-14-9-7-13(20)8-10-14/h4-11,21H,12H2,1-3H3,(H,22,24)(H,23,25). The average Bonchev–Trinajstić information content (AvgIpc) is 2.55. The highest BCUT2D eigenvalue weighted by atomic mass is 35.5. The van der Waals surface area contributed by atoms with Gasteiger partial charge in [0, 0.05) is 27.5 Å². The van der Waals surface area contributed by atoms with Gasteiger partial charge in [-0.3, -0.25) is 9.59 Å². The summed E-state index contributed by atoms with van der Waals surface area (Å²) in [6.07, 6.45) is 0. The molecule has 0 aliphatic carbocycles. The van der Waals surface area contributed by atoms with Crippen LogP contribution in [0.25, 0.3) is 0 Å². The van der Waals surface area contributed by atoms with E-state index in [0.29, 0.717) is 16.4 Å². The lowest BCUT2D eigenvalue weighted by Crippen LogP contribution is -2.27. The van der Waals surface area contributed by atoms with E-state index in [1.165, 1.54) is 0 Å². The Kier molecular flexibility index (Phi) is 6.04. The quantitative estimate of drug-likeness (QED) is 0.742. The fourth-order valence-electron chi connectivity index (χ4n) is 1.95. The van der Waals surface area contributed by atoms with Gasteiger partial charge in [-0.05, 0) is 42.5 Å². The molecule has 0 radical (unpaired) electrons. The first kappa shape index (κ1) is 18.8. The minimum Gasteiger partial charge on any atom is -0.376 e. The van der Waals surface area contributed by atoms with Gasteiger partial charge in [0.1, 0.15) is 0 Å². The third kappa shape index (κ3) is 6.12. The normalized spacial score (nSPS) is 10.9. The van der Waals surface area contributed by atoms with Crippen molar-refractivity contribution in [2.24, 2.45) is 5.41 Å². The van der Waals surface area contributed by atoms with Crippen LogP contribution in [-0.2, 0) is 9.59 Å². The second kappa shape index (κ2) is 8.03. The summed E-state index contributed by atoms with van der Waals surface area (Å²) in [7, 11) is 0. The van der Waals surface area contributed by atoms with Crippen LogP contribution in [0.4, 0.5) is 17.1 Å². The van der Waals surface area contributed by atoms with Crippen LogP contribution in [0.1, 0.15) is 20.8 Å². The number of anilines is 3. The molecular weight excluding hydrogens is 338 g/mol. The van der Waals surface area contributed by atoms with Gasteiger partial charge in [0.2, 0.25) is 11.8 Å². The first-order chi connectivity index (χ1) is 11.7. The Balaban J connectivity index is 1.90. The Hall–Kier alpha value is -2.53. The predicted octanol–water partition coefficient (Wildman–Crippen LogP) is 4.38. The highest BCUT2D eigenvalue weighted by Crippen LogP contribution is 2.20. The van der Waals surface area contributed by atoms with Gasteiger partial charge in [-0.2, -0.15) is 0 Å². The van der Waals surface area contributed by atoms with E-state index in [2.05, 4.69) is 16.0 Å². The SMILES string of the molecule is CC(C)(C)C(=O)Nc1cccc(NCC(=O)Nc2ccc(Cl)cc2)c1. The van der Waals surface area contributed by atoms with Gasteiger partial charge < -0.3 is 16.0 Å². The fourth-order valence-corrected chi connectivity index (χ4v) is 2.07. The first-order valence-electron chi connectivity index (χ1n) is 7.95. The number of carbonyl (C=O) groups excluding carboxylic acids is 2. The maximum Gasteiger partial charge on any atom is 0.243 e. The number of amides is 2. The second-order valence-corrected chi connectivity index (χ2v) is 7.13. The number of rotatable bonds is 5. The molecule has 0 aromatic heterocycles. The molecule has 0 heterocycles. The summed E-state index contributed by atoms with van der Waals surface area (Å²) in [4.78, 5) is 24.0. The molecule has 0 bridgehead atoms. The van der Waals surface area contributed by atoms with Crippen molar-refractivity contribution in [3.8, 4) is 0 Å². The minimum atomic E-state index is -0.470. The van der Waals surface area contributed by atoms with Gasteiger partial charge in [0.25, 0.3) is 0 Å². The lowest BCUT2D eigenvalue weighted by atomic mass is 9.95. The van der Waals surface area contributed by atoms with Crippen molar-refractivity contribution in [2.45, 2.75) is 20.8 Å². The van der Waals surface area contributed by atoms with Gasteiger partial charge >= 0.3 is 0 Å². The molecule has 6 heteroatoms. The van der Waals surface area contributed by atoms with E-state index < -0.39 is 5.41 Å². The Bertz CT molecular complexity index is 752. The van der Waals surface area contributed by atoms with Crippen molar-refractivity contribution in [1.29, 1.82) is 0 Å². The summed E-state index contributed by atoms with van der Waals surface area (Å²) in [5.41, 5.74) is 1.64. The zero-order valence-corrected chi connectivity index (χ0v) is 15.3. The van der Waals surface area contributed by atoms with Crippen molar-refractivity contribution in [2.75, 3.05) is 22.5 Å². The van der Waals surface area contributed by atoms with E-state index in [9.17, 15) is 9.59 Å². The molecule has 25 heavy (non-hydrogen) atoms. The van der Waals surface area contributed by atoms with E-state index in [1.807, 2.05) is 39.0 Å². The van der Waals surface area contributed by atoms with Crippen molar-refractivity contribution in [3.05, 3.63) is 53.6 Å². The summed E-state index contributed by atoms with van der Waals surface area (Å²) >= 11 is 5.81. The maximum atomic E-state index is 12.0. The zero-order chi connectivity index (χ0) is 18.4. The molecule has 0 saturated heterocycles. The summed E-state index contributed by atoms with van der Waals surface area (Å²) in [6, 6.07) is 14.2. The van der Waals surface area contributed by atoms with Crippen molar-refractivity contribution in [3.63, 3.8) is 0 Å². The number of nitrogens with one attached hydrogen (secondary N) is 3. The van der Waals surface area contributed by atoms with Gasteiger partial charge in [-0.1, -0.05) is 38.4 Å². The molecule has 0 aliphatic rings. The summed E-state index contributed by atoms with van der Waals surface area (Å²) in [6.45, 7) is 5.67. The van der Waals surface area contributed by atoms with Gasteiger partial charge in [-0.25, -0.2) is 0 Å². The second-order valence-electron chi connectivity index (χ2n) is 6.69. The minimum absolute atomic E-state index is 0.0647. The molecule has 0 atom stereocenters. The first-order valence-corrected chi connectivity index (χ1v) is 8.33. The highest BCUT2D eigenvalue weighted by Gasteiger charge is 2.21. The molecular formula is C19H22ClN3O2. The third-order valence-electron chi connectivity index (χ3n) is 3.38. The zero-order valence-electron chi connectivity index (χ0n) is 14.5. The number of hydrogen-bond acceptors (Lipinski definition) is 3. The average molecular weight is 360 g/mol. The molecule has 2 rings (SSSR count). The monoisotopic (exact) mass is 359 g/mol. The summed E-state index contributed by atoms with van der Waals surface area (Å²) in [5, 5.41) is 9.29. The Morgan fingerprint density at radius 2 is 1.56 bits per heavy atom. The molecule has 3 N–H and O–H groups in total. The lowest BCUT2D eigenvalue weighted by Gasteiger charge is -2.18. The van der Waals surface area contributed by atoms with Crippen molar-refractivity contribution >= 4 is 40.5 Å². The predicted molar refractivity (Wildman–Crippen MR) is 103 cm³/mol. The van der Waals surface area contributed by atoms with Gasteiger partial charge in [0.15, 0.2) is 0 Å². The van der Waals surface area contributed by atoms with Crippen LogP contribution < -0.4 is 16.0 Å². The van der Waals surface area contributed by atoms with E-state index in [-0.39, 0.29) is 18.4 Å². The molecule has 0 unspecified atom stereocenters. The van der Waals surface area contributed by atoms with Crippen LogP contribution in [-0.4, -0.2) is 18.4 Å². The Morgan fingerprint density at radius 1 is 0.920 bits per heavy atom. The molecule has 0 aliphatic heterocycles. The van der Waals surface area contributed by atoms with E-state index in [1.54, 1.807) is 30.3 Å². The highest BCUT2D eigenvalue weighted by molar-refractivity contribution is 6.30. The lowest BCUT2D eigenvalue weighted by molar-refractivity contribution is -0.123. The number of hydrogen-bond donors (Lipinski definition) is 3. The molecule has 132 valence electrons. The fraction of sp³-hybridized carbons (Fsp3) is 0.263. The van der Waals surface area contributed by atoms with Crippen LogP contribution in [0.2, 0.25) is 5.02 Å². The molecule has 0 spiro atoms. The molecule has 2 aromatic carbocycles. The number of halogens is 1. The maximum absolute atomic E-state index is 12.0. The molecule has 2 amide bonds. The van der Waals surface area contributed by atoms with Gasteiger partial charge in [0.05, 0.1) is 6.54 Å². The number of benzene rings is 2. The van der Waals surface area contributed by atoms with Crippen molar-refractivity contribution < 1.29 is 9.59 Å².